The number of nitrogens with zero attached hydrogens (tertiary/aromatic N) is 6. The van der Waals surface area contributed by atoms with Crippen molar-refractivity contribution in [3.8, 4) is 11.5 Å². The van der Waals surface area contributed by atoms with Crippen molar-refractivity contribution in [2.75, 3.05) is 13.1 Å². The Balaban J connectivity index is 1.44. The first kappa shape index (κ1) is 18.8. The summed E-state index contributed by atoms with van der Waals surface area (Å²) in [7, 11) is 0. The van der Waals surface area contributed by atoms with E-state index in [-0.39, 0.29) is 0 Å². The third-order valence-electron chi connectivity index (χ3n) is 5.78. The molecular weight excluding hydrogens is 372 g/mol. The van der Waals surface area contributed by atoms with E-state index >= 15 is 0 Å². The van der Waals surface area contributed by atoms with E-state index in [0.29, 0.717) is 5.92 Å². The Morgan fingerprint density at radius 3 is 2.73 bits per heavy atom. The second kappa shape index (κ2) is 8.24. The van der Waals surface area contributed by atoms with Crippen LogP contribution in [-0.4, -0.2) is 42.5 Å². The van der Waals surface area contributed by atoms with E-state index in [1.807, 2.05) is 46.3 Å². The maximum atomic E-state index is 5.05. The number of hydrogen-bond acceptors (Lipinski definition) is 4. The average molecular weight is 399 g/mol. The number of aryl methyl sites for hydroxylation is 1. The summed E-state index contributed by atoms with van der Waals surface area (Å²) in [4.78, 5) is 6.78. The molecule has 0 amide bonds. The molecule has 152 valence electrons. The van der Waals surface area contributed by atoms with E-state index in [0.717, 1.165) is 43.3 Å². The molecular formula is C24H26N6. The Hall–Kier alpha value is -3.25. The highest BCUT2D eigenvalue weighted by atomic mass is 15.4. The lowest BCUT2D eigenvalue weighted by atomic mass is 9.94. The first-order chi connectivity index (χ1) is 14.8. The predicted molar refractivity (Wildman–Crippen MR) is 117 cm³/mol. The minimum absolute atomic E-state index is 0.413. The van der Waals surface area contributed by atoms with Gasteiger partial charge in [-0.3, -0.25) is 9.88 Å². The summed E-state index contributed by atoms with van der Waals surface area (Å²) >= 11 is 0. The Bertz CT molecular complexity index is 1080. The first-order valence-electron chi connectivity index (χ1n) is 10.5. The van der Waals surface area contributed by atoms with E-state index in [1.54, 1.807) is 0 Å². The number of rotatable bonds is 5. The third kappa shape index (κ3) is 3.91. The fourth-order valence-corrected chi connectivity index (χ4v) is 4.22. The zero-order valence-electron chi connectivity index (χ0n) is 17.2. The van der Waals surface area contributed by atoms with Gasteiger partial charge in [0.1, 0.15) is 0 Å². The summed E-state index contributed by atoms with van der Waals surface area (Å²) in [6.45, 7) is 5.18. The van der Waals surface area contributed by atoms with Crippen molar-refractivity contribution < 1.29 is 0 Å². The van der Waals surface area contributed by atoms with Gasteiger partial charge in [-0.2, -0.15) is 10.2 Å². The Morgan fingerprint density at radius 2 is 1.97 bits per heavy atom. The summed E-state index contributed by atoms with van der Waals surface area (Å²) in [5.41, 5.74) is 4.70. The first-order valence-corrected chi connectivity index (χ1v) is 10.5. The summed E-state index contributed by atoms with van der Waals surface area (Å²) in [5, 5.41) is 9.51. The molecule has 1 aliphatic rings. The molecule has 30 heavy (non-hydrogen) atoms. The molecule has 0 radical (unpaired) electrons. The van der Waals surface area contributed by atoms with Crippen molar-refractivity contribution >= 4 is 0 Å². The fraction of sp³-hybridized carbons (Fsp3) is 0.292. The van der Waals surface area contributed by atoms with Crippen molar-refractivity contribution in [1.29, 1.82) is 0 Å². The molecule has 1 saturated heterocycles. The van der Waals surface area contributed by atoms with Crippen LogP contribution >= 0.6 is 0 Å². The standard InChI is InChI=1S/C24H26N6/c1-19-7-9-22(10-8-19)30-24(29-14-4-12-26-29)15-23(27-30)21-6-3-13-28(18-21)17-20-5-2-11-25-16-20/h2,4-5,7-12,14-16,21H,3,6,13,17-18H2,1H3. The van der Waals surface area contributed by atoms with E-state index in [2.05, 4.69) is 58.3 Å². The van der Waals surface area contributed by atoms with Crippen LogP contribution in [-0.2, 0) is 6.54 Å². The number of aromatic nitrogens is 5. The van der Waals surface area contributed by atoms with Gasteiger partial charge in [0.05, 0.1) is 11.4 Å². The minimum atomic E-state index is 0.413. The van der Waals surface area contributed by atoms with Gasteiger partial charge in [-0.05, 0) is 56.1 Å². The van der Waals surface area contributed by atoms with Gasteiger partial charge in [0.15, 0.2) is 5.82 Å². The molecule has 0 bridgehead atoms. The van der Waals surface area contributed by atoms with E-state index in [9.17, 15) is 0 Å². The van der Waals surface area contributed by atoms with Crippen LogP contribution in [0.15, 0.2) is 73.3 Å². The molecule has 0 spiro atoms. The van der Waals surface area contributed by atoms with Crippen LogP contribution in [0.3, 0.4) is 0 Å². The van der Waals surface area contributed by atoms with Crippen LogP contribution in [0.1, 0.15) is 35.6 Å². The Morgan fingerprint density at radius 1 is 1.07 bits per heavy atom. The van der Waals surface area contributed by atoms with Crippen LogP contribution in [0, 0.1) is 6.92 Å². The van der Waals surface area contributed by atoms with Crippen molar-refractivity contribution in [3.05, 3.63) is 90.1 Å². The van der Waals surface area contributed by atoms with Gasteiger partial charge in [-0.1, -0.05) is 23.8 Å². The Labute approximate surface area is 176 Å². The maximum Gasteiger partial charge on any atom is 0.157 e. The van der Waals surface area contributed by atoms with Crippen molar-refractivity contribution in [1.82, 2.24) is 29.4 Å². The van der Waals surface area contributed by atoms with E-state index in [1.165, 1.54) is 17.5 Å². The number of likely N-dealkylation sites (tertiary alicyclic amines) is 1. The number of hydrogen-bond donors (Lipinski definition) is 0. The monoisotopic (exact) mass is 398 g/mol. The molecule has 0 saturated carbocycles. The van der Waals surface area contributed by atoms with Gasteiger partial charge in [0.25, 0.3) is 0 Å². The summed E-state index contributed by atoms with van der Waals surface area (Å²) in [6, 6.07) is 16.8. The lowest BCUT2D eigenvalue weighted by Gasteiger charge is -2.31. The number of piperidine rings is 1. The zero-order valence-corrected chi connectivity index (χ0v) is 17.2. The topological polar surface area (TPSA) is 51.8 Å². The van der Waals surface area contributed by atoms with Crippen LogP contribution in [0.2, 0.25) is 0 Å². The zero-order chi connectivity index (χ0) is 20.3. The second-order valence-corrected chi connectivity index (χ2v) is 8.06. The largest absolute Gasteiger partial charge is 0.298 e. The summed E-state index contributed by atoms with van der Waals surface area (Å²) in [6.07, 6.45) is 9.92. The van der Waals surface area contributed by atoms with Crippen molar-refractivity contribution in [3.63, 3.8) is 0 Å². The van der Waals surface area contributed by atoms with Gasteiger partial charge in [0.2, 0.25) is 0 Å². The van der Waals surface area contributed by atoms with Crippen molar-refractivity contribution in [2.45, 2.75) is 32.2 Å². The summed E-state index contributed by atoms with van der Waals surface area (Å²) < 4.78 is 3.91. The molecule has 3 aromatic heterocycles. The van der Waals surface area contributed by atoms with Crippen LogP contribution < -0.4 is 0 Å². The highest BCUT2D eigenvalue weighted by Gasteiger charge is 2.25. The minimum Gasteiger partial charge on any atom is -0.298 e. The predicted octanol–water partition coefficient (Wildman–Crippen LogP) is 4.14. The molecule has 0 N–H and O–H groups in total. The van der Waals surface area contributed by atoms with Crippen LogP contribution in [0.25, 0.3) is 11.5 Å². The molecule has 1 atom stereocenters. The molecule has 4 aromatic rings. The van der Waals surface area contributed by atoms with Crippen molar-refractivity contribution in [2.24, 2.45) is 0 Å². The molecule has 5 rings (SSSR count). The third-order valence-corrected chi connectivity index (χ3v) is 5.78. The highest BCUT2D eigenvalue weighted by molar-refractivity contribution is 5.41. The average Bonchev–Trinajstić information content (AvgIpc) is 3.45. The molecule has 0 aliphatic carbocycles. The van der Waals surface area contributed by atoms with Crippen LogP contribution in [0.4, 0.5) is 0 Å². The molecule has 6 nitrogen and oxygen atoms in total. The SMILES string of the molecule is Cc1ccc(-n2nc(C3CCCN(Cc4cccnc4)C3)cc2-n2cccn2)cc1. The second-order valence-electron chi connectivity index (χ2n) is 8.06. The van der Waals surface area contributed by atoms with Gasteiger partial charge >= 0.3 is 0 Å². The Kier molecular flexibility index (Phi) is 5.15. The van der Waals surface area contributed by atoms with E-state index < -0.39 is 0 Å². The lowest BCUT2D eigenvalue weighted by molar-refractivity contribution is 0.198. The molecule has 4 heterocycles. The normalized spacial score (nSPS) is 17.3. The van der Waals surface area contributed by atoms with Gasteiger partial charge in [-0.15, -0.1) is 0 Å². The van der Waals surface area contributed by atoms with Gasteiger partial charge in [-0.25, -0.2) is 9.36 Å². The number of benzene rings is 1. The molecule has 6 heteroatoms. The number of pyridine rings is 1. The molecule has 1 aromatic carbocycles. The molecule has 1 unspecified atom stereocenters. The highest BCUT2D eigenvalue weighted by Crippen LogP contribution is 2.29. The quantitative estimate of drug-likeness (QED) is 0.507. The molecule has 1 aliphatic heterocycles. The maximum absolute atomic E-state index is 5.05. The summed E-state index contributed by atoms with van der Waals surface area (Å²) in [5.74, 6) is 1.39. The van der Waals surface area contributed by atoms with Crippen LogP contribution in [0.5, 0.6) is 0 Å². The van der Waals surface area contributed by atoms with E-state index in [4.69, 9.17) is 5.10 Å². The lowest BCUT2D eigenvalue weighted by Crippen LogP contribution is -2.34. The fourth-order valence-electron chi connectivity index (χ4n) is 4.22. The van der Waals surface area contributed by atoms with Gasteiger partial charge < -0.3 is 0 Å². The molecule has 1 fully saturated rings. The smallest absolute Gasteiger partial charge is 0.157 e. The van der Waals surface area contributed by atoms with Gasteiger partial charge in [0, 0.05) is 49.9 Å².